The number of aliphatic hydroxyl groups is 1. The third-order valence-electron chi connectivity index (χ3n) is 2.69. The molecule has 0 atom stereocenters. The normalized spacial score (nSPS) is 9.75. The molecule has 0 aromatic carbocycles. The Morgan fingerprint density at radius 2 is 1.04 bits per heavy atom. The van der Waals surface area contributed by atoms with Gasteiger partial charge in [0, 0.05) is 0 Å². The van der Waals surface area contributed by atoms with Gasteiger partial charge in [0.05, 0.1) is 12.0 Å². The lowest BCUT2D eigenvalue weighted by atomic mass is 9.92. The van der Waals surface area contributed by atoms with Crippen molar-refractivity contribution in [2.45, 2.75) is 19.3 Å². The summed E-state index contributed by atoms with van der Waals surface area (Å²) < 4.78 is 14.8. The topological polar surface area (TPSA) is 99.1 Å². The summed E-state index contributed by atoms with van der Waals surface area (Å²) in [6.45, 7) is -1.73. The summed E-state index contributed by atoms with van der Waals surface area (Å²) >= 11 is 0. The fourth-order valence-electron chi connectivity index (χ4n) is 1.37. The molecule has 0 aromatic heterocycles. The van der Waals surface area contributed by atoms with E-state index in [0.29, 0.717) is 0 Å². The van der Waals surface area contributed by atoms with Crippen LogP contribution in [-0.4, -0.2) is 49.4 Å². The maximum atomic E-state index is 11.4. The second-order valence-electron chi connectivity index (χ2n) is 4.78. The Morgan fingerprint density at radius 3 is 1.25 bits per heavy atom. The molecule has 24 heavy (non-hydrogen) atoms. The van der Waals surface area contributed by atoms with Crippen LogP contribution in [0.1, 0.15) is 19.3 Å². The first-order valence-corrected chi connectivity index (χ1v) is 6.81. The third-order valence-corrected chi connectivity index (χ3v) is 2.69. The van der Waals surface area contributed by atoms with Crippen molar-refractivity contribution in [2.75, 3.05) is 26.4 Å². The van der Waals surface area contributed by atoms with Gasteiger partial charge in [0.15, 0.2) is 0 Å². The Kier molecular flexibility index (Phi) is 10.2. The molecule has 0 aliphatic carbocycles. The largest absolute Gasteiger partial charge is 0.464 e. The predicted octanol–water partition coefficient (Wildman–Crippen LogP) is -0.335. The zero-order valence-corrected chi connectivity index (χ0v) is 13.1. The van der Waals surface area contributed by atoms with Crippen LogP contribution >= 0.6 is 0 Å². The molecule has 0 bridgehead atoms. The number of rotatable bonds is 10. The van der Waals surface area contributed by atoms with Gasteiger partial charge < -0.3 is 19.3 Å². The van der Waals surface area contributed by atoms with Gasteiger partial charge >= 0.3 is 17.9 Å². The average Bonchev–Trinajstić information content (AvgIpc) is 2.55. The molecule has 128 valence electrons. The second-order valence-corrected chi connectivity index (χ2v) is 4.78. The zero-order chi connectivity index (χ0) is 18.4. The summed E-state index contributed by atoms with van der Waals surface area (Å²) in [4.78, 5) is 34.1. The summed E-state index contributed by atoms with van der Waals surface area (Å²) in [5, 5.41) is 9.61. The van der Waals surface area contributed by atoms with Crippen molar-refractivity contribution < 1.29 is 33.7 Å². The van der Waals surface area contributed by atoms with Gasteiger partial charge in [-0.25, -0.2) is 0 Å². The highest BCUT2D eigenvalue weighted by Crippen LogP contribution is 2.20. The van der Waals surface area contributed by atoms with Crippen molar-refractivity contribution in [3.05, 3.63) is 0 Å². The fourth-order valence-corrected chi connectivity index (χ4v) is 1.37. The van der Waals surface area contributed by atoms with Gasteiger partial charge in [-0.05, 0) is 0 Å². The summed E-state index contributed by atoms with van der Waals surface area (Å²) in [7, 11) is 0. The molecule has 1 N–H and O–H groups in total. The number of aliphatic hydroxyl groups excluding tert-OH is 1. The molecule has 0 amide bonds. The Morgan fingerprint density at radius 1 is 0.750 bits per heavy atom. The molecule has 0 unspecified atom stereocenters. The fraction of sp³-hybridized carbons (Fsp3) is 0.471. The third kappa shape index (κ3) is 8.48. The van der Waals surface area contributed by atoms with E-state index in [1.54, 1.807) is 0 Å². The number of terminal acetylenes is 3. The van der Waals surface area contributed by atoms with Crippen LogP contribution in [-0.2, 0) is 28.6 Å². The monoisotopic (exact) mass is 334 g/mol. The van der Waals surface area contributed by atoms with Crippen LogP contribution in [0.15, 0.2) is 0 Å². The van der Waals surface area contributed by atoms with E-state index in [2.05, 4.69) is 17.8 Å². The molecule has 0 rings (SSSR count). The molecule has 0 heterocycles. The smallest absolute Gasteiger partial charge is 0.317 e. The van der Waals surface area contributed by atoms with Crippen LogP contribution in [0.4, 0.5) is 0 Å². The van der Waals surface area contributed by atoms with Gasteiger partial charge in [-0.3, -0.25) is 14.4 Å². The molecule has 0 fully saturated rings. The zero-order valence-electron chi connectivity index (χ0n) is 13.1. The molecule has 7 nitrogen and oxygen atoms in total. The van der Waals surface area contributed by atoms with Gasteiger partial charge in [0.1, 0.15) is 39.1 Å². The lowest BCUT2D eigenvalue weighted by Crippen LogP contribution is -2.42. The highest BCUT2D eigenvalue weighted by molar-refractivity contribution is 5.73. The minimum atomic E-state index is -1.35. The van der Waals surface area contributed by atoms with E-state index in [0.717, 1.165) is 0 Å². The lowest BCUT2D eigenvalue weighted by molar-refractivity contribution is -0.163. The average molecular weight is 334 g/mol. The summed E-state index contributed by atoms with van der Waals surface area (Å²) in [5.74, 6) is 4.19. The quantitative estimate of drug-likeness (QED) is 0.332. The van der Waals surface area contributed by atoms with Crippen LogP contribution in [0, 0.1) is 42.4 Å². The number of hydrogen-bond donors (Lipinski definition) is 1. The molecule has 0 aliphatic heterocycles. The van der Waals surface area contributed by atoms with Gasteiger partial charge in [-0.1, -0.05) is 17.8 Å². The van der Waals surface area contributed by atoms with E-state index in [9.17, 15) is 19.5 Å². The van der Waals surface area contributed by atoms with Crippen LogP contribution in [0.3, 0.4) is 0 Å². The molecule has 0 spiro atoms. The highest BCUT2D eigenvalue weighted by atomic mass is 16.6. The van der Waals surface area contributed by atoms with Crippen LogP contribution in [0.5, 0.6) is 0 Å². The van der Waals surface area contributed by atoms with Crippen LogP contribution in [0.2, 0.25) is 0 Å². The molecule has 0 aliphatic rings. The molecular formula is C17H18O7. The Hall–Kier alpha value is -2.95. The van der Waals surface area contributed by atoms with Gasteiger partial charge in [-0.2, -0.15) is 0 Å². The number of esters is 3. The van der Waals surface area contributed by atoms with Crippen molar-refractivity contribution in [2.24, 2.45) is 5.41 Å². The highest BCUT2D eigenvalue weighted by Gasteiger charge is 2.35. The summed E-state index contributed by atoms with van der Waals surface area (Å²) in [6.07, 6.45) is 14.2. The summed E-state index contributed by atoms with van der Waals surface area (Å²) in [6, 6.07) is 0. The number of hydrogen-bond acceptors (Lipinski definition) is 7. The summed E-state index contributed by atoms with van der Waals surface area (Å²) in [5.41, 5.74) is -1.35. The van der Waals surface area contributed by atoms with E-state index in [1.807, 2.05) is 0 Å². The van der Waals surface area contributed by atoms with E-state index in [1.165, 1.54) is 0 Å². The van der Waals surface area contributed by atoms with Crippen molar-refractivity contribution in [1.29, 1.82) is 0 Å². The number of carbonyl (C=O) groups excluding carboxylic acids is 3. The predicted molar refractivity (Wildman–Crippen MR) is 82.7 cm³/mol. The second kappa shape index (κ2) is 11.6. The van der Waals surface area contributed by atoms with E-state index >= 15 is 0 Å². The first-order valence-electron chi connectivity index (χ1n) is 6.81. The van der Waals surface area contributed by atoms with Crippen LogP contribution < -0.4 is 0 Å². The Bertz CT molecular complexity index is 492. The van der Waals surface area contributed by atoms with Crippen molar-refractivity contribution >= 4 is 17.9 Å². The standard InChI is InChI=1S/C17H18O7/c1-4-7-14(19)22-11-17(10-18,12-23-15(20)8-5-2)13-24-16(21)9-6-3/h1-3,18H,7-13H2. The minimum absolute atomic E-state index is 0.269. The molecular weight excluding hydrogens is 316 g/mol. The van der Waals surface area contributed by atoms with Crippen molar-refractivity contribution in [3.63, 3.8) is 0 Å². The number of ether oxygens (including phenoxy) is 3. The maximum absolute atomic E-state index is 11.4. The number of carbonyl (C=O) groups is 3. The van der Waals surface area contributed by atoms with Crippen molar-refractivity contribution in [3.8, 4) is 37.0 Å². The first kappa shape index (κ1) is 21.0. The van der Waals surface area contributed by atoms with Crippen molar-refractivity contribution in [1.82, 2.24) is 0 Å². The molecule has 7 heteroatoms. The minimum Gasteiger partial charge on any atom is -0.464 e. The Balaban J connectivity index is 4.92. The first-order chi connectivity index (χ1) is 11.4. The van der Waals surface area contributed by atoms with Gasteiger partial charge in [0.25, 0.3) is 0 Å². The molecule has 0 saturated heterocycles. The van der Waals surface area contributed by atoms with Gasteiger partial charge in [-0.15, -0.1) is 19.3 Å². The molecule has 0 saturated carbocycles. The Labute approximate surface area is 140 Å². The lowest BCUT2D eigenvalue weighted by Gasteiger charge is -2.29. The molecule has 0 radical (unpaired) electrons. The molecule has 0 aromatic rings. The van der Waals surface area contributed by atoms with E-state index in [-0.39, 0.29) is 39.1 Å². The van der Waals surface area contributed by atoms with Gasteiger partial charge in [0.2, 0.25) is 0 Å². The van der Waals surface area contributed by atoms with E-state index < -0.39 is 29.9 Å². The SMILES string of the molecule is C#CCC(=O)OCC(CO)(COC(=O)CC#C)COC(=O)CC#C. The van der Waals surface area contributed by atoms with Crippen LogP contribution in [0.25, 0.3) is 0 Å². The van der Waals surface area contributed by atoms with E-state index in [4.69, 9.17) is 33.5 Å². The maximum Gasteiger partial charge on any atom is 0.317 e.